The molecule has 0 spiro atoms. The van der Waals surface area contributed by atoms with Gasteiger partial charge in [0.1, 0.15) is 0 Å². The molecule has 2 atom stereocenters. The van der Waals surface area contributed by atoms with E-state index in [1.165, 1.54) is 12.0 Å². The molecule has 1 aromatic carbocycles. The van der Waals surface area contributed by atoms with E-state index in [1.54, 1.807) is 4.90 Å². The number of nitrogens with zero attached hydrogens (tertiary/aromatic N) is 1. The first-order chi connectivity index (χ1) is 9.93. The van der Waals surface area contributed by atoms with Gasteiger partial charge >= 0.3 is 0 Å². The monoisotopic (exact) mass is 288 g/mol. The van der Waals surface area contributed by atoms with E-state index in [4.69, 9.17) is 0 Å². The molecule has 2 rings (SSSR count). The van der Waals surface area contributed by atoms with Gasteiger partial charge in [0.25, 0.3) is 0 Å². The van der Waals surface area contributed by atoms with Crippen molar-refractivity contribution in [2.45, 2.75) is 45.1 Å². The van der Waals surface area contributed by atoms with Crippen molar-refractivity contribution in [3.8, 4) is 0 Å². The molecule has 3 heteroatoms. The van der Waals surface area contributed by atoms with Crippen molar-refractivity contribution in [1.29, 1.82) is 0 Å². The van der Waals surface area contributed by atoms with E-state index in [-0.39, 0.29) is 11.3 Å². The molecule has 0 unspecified atom stereocenters. The third-order valence-corrected chi connectivity index (χ3v) is 4.93. The van der Waals surface area contributed by atoms with Crippen LogP contribution < -0.4 is 5.32 Å². The molecule has 116 valence electrons. The van der Waals surface area contributed by atoms with Crippen molar-refractivity contribution in [3.63, 3.8) is 0 Å². The van der Waals surface area contributed by atoms with Gasteiger partial charge in [0.2, 0.25) is 5.91 Å². The summed E-state index contributed by atoms with van der Waals surface area (Å²) in [5.41, 5.74) is 1.73. The molecule has 0 bridgehead atoms. The molecule has 0 radical (unpaired) electrons. The normalized spacial score (nSPS) is 23.4. The zero-order valence-corrected chi connectivity index (χ0v) is 13.7. The molecule has 1 amide bonds. The summed E-state index contributed by atoms with van der Waals surface area (Å²) in [6.45, 7) is 5.61. The molecule has 1 aliphatic rings. The van der Waals surface area contributed by atoms with E-state index in [0.717, 1.165) is 13.0 Å². The first-order valence-corrected chi connectivity index (χ1v) is 7.91. The second-order valence-electron chi connectivity index (χ2n) is 6.92. The Morgan fingerprint density at radius 2 is 1.95 bits per heavy atom. The van der Waals surface area contributed by atoms with Crippen LogP contribution in [0.3, 0.4) is 0 Å². The molecule has 1 fully saturated rings. The zero-order valence-electron chi connectivity index (χ0n) is 13.7. The van der Waals surface area contributed by atoms with Crippen LogP contribution in [0, 0.1) is 5.41 Å². The van der Waals surface area contributed by atoms with Crippen molar-refractivity contribution in [2.75, 3.05) is 20.6 Å². The number of carbonyl (C=O) groups is 1. The number of hydrogen-bond donors (Lipinski definition) is 1. The van der Waals surface area contributed by atoms with Crippen molar-refractivity contribution in [2.24, 2.45) is 5.41 Å². The van der Waals surface area contributed by atoms with Gasteiger partial charge in [0.05, 0.1) is 0 Å². The average molecular weight is 288 g/mol. The highest BCUT2D eigenvalue weighted by molar-refractivity contribution is 5.75. The summed E-state index contributed by atoms with van der Waals surface area (Å²) in [6, 6.07) is 11.3. The van der Waals surface area contributed by atoms with E-state index < -0.39 is 0 Å². The van der Waals surface area contributed by atoms with Gasteiger partial charge in [-0.1, -0.05) is 44.2 Å². The van der Waals surface area contributed by atoms with Crippen LogP contribution in [0.5, 0.6) is 0 Å². The molecule has 0 aliphatic heterocycles. The van der Waals surface area contributed by atoms with Crippen LogP contribution >= 0.6 is 0 Å². The Kier molecular flexibility index (Phi) is 5.04. The predicted molar refractivity (Wildman–Crippen MR) is 87.3 cm³/mol. The van der Waals surface area contributed by atoms with Gasteiger partial charge in [0, 0.05) is 26.6 Å². The van der Waals surface area contributed by atoms with Gasteiger partial charge in [-0.15, -0.1) is 0 Å². The summed E-state index contributed by atoms with van der Waals surface area (Å²) in [5.74, 6) is 0.853. The highest BCUT2D eigenvalue weighted by Crippen LogP contribution is 2.52. The zero-order chi connectivity index (χ0) is 15.5. The van der Waals surface area contributed by atoms with Crippen LogP contribution in [0.15, 0.2) is 30.3 Å². The maximum absolute atomic E-state index is 11.5. The van der Waals surface area contributed by atoms with E-state index in [0.29, 0.717) is 18.4 Å². The molecule has 1 aliphatic carbocycles. The smallest absolute Gasteiger partial charge is 0.222 e. The minimum Gasteiger partial charge on any atom is -0.349 e. The Labute approximate surface area is 128 Å². The predicted octanol–water partition coefficient (Wildman–Crippen LogP) is 3.03. The van der Waals surface area contributed by atoms with Gasteiger partial charge in [-0.3, -0.25) is 4.79 Å². The molecular weight excluding hydrogens is 260 g/mol. The molecule has 0 aromatic heterocycles. The molecule has 1 aromatic rings. The quantitative estimate of drug-likeness (QED) is 0.816. The minimum absolute atomic E-state index is 0.215. The lowest BCUT2D eigenvalue weighted by molar-refractivity contribution is -0.128. The first kappa shape index (κ1) is 16.0. The van der Waals surface area contributed by atoms with Crippen LogP contribution in [-0.2, 0) is 4.79 Å². The van der Waals surface area contributed by atoms with Crippen LogP contribution in [0.25, 0.3) is 0 Å². The third-order valence-electron chi connectivity index (χ3n) is 4.93. The second-order valence-corrected chi connectivity index (χ2v) is 6.92. The summed E-state index contributed by atoms with van der Waals surface area (Å²) in [6.07, 6.45) is 2.74. The standard InChI is InChI=1S/C18H28N2O/c1-18(2)15(14-9-6-5-7-10-14)13-16(18)19-12-8-11-17(21)20(3)4/h5-7,9-10,15-16,19H,8,11-13H2,1-4H3/t15-,16+/m1/s1. The minimum atomic E-state index is 0.215. The maximum Gasteiger partial charge on any atom is 0.222 e. The molecule has 1 saturated carbocycles. The van der Waals surface area contributed by atoms with Gasteiger partial charge in [-0.05, 0) is 36.3 Å². The summed E-state index contributed by atoms with van der Waals surface area (Å²) < 4.78 is 0. The Morgan fingerprint density at radius 1 is 1.29 bits per heavy atom. The topological polar surface area (TPSA) is 32.3 Å². The van der Waals surface area contributed by atoms with Gasteiger partial charge in [-0.25, -0.2) is 0 Å². The summed E-state index contributed by atoms with van der Waals surface area (Å²) >= 11 is 0. The van der Waals surface area contributed by atoms with Crippen LogP contribution in [0.4, 0.5) is 0 Å². The fourth-order valence-electron chi connectivity index (χ4n) is 3.26. The molecule has 3 nitrogen and oxygen atoms in total. The van der Waals surface area contributed by atoms with Crippen LogP contribution in [-0.4, -0.2) is 37.5 Å². The van der Waals surface area contributed by atoms with E-state index in [2.05, 4.69) is 49.5 Å². The SMILES string of the molecule is CN(C)C(=O)CCCN[C@H]1C[C@H](c2ccccc2)C1(C)C. The fourth-order valence-corrected chi connectivity index (χ4v) is 3.26. The van der Waals surface area contributed by atoms with Gasteiger partial charge in [-0.2, -0.15) is 0 Å². The van der Waals surface area contributed by atoms with Crippen molar-refractivity contribution < 1.29 is 4.79 Å². The Hall–Kier alpha value is -1.35. The number of carbonyl (C=O) groups excluding carboxylic acids is 1. The van der Waals surface area contributed by atoms with E-state index in [9.17, 15) is 4.79 Å². The third kappa shape index (κ3) is 3.65. The second kappa shape index (κ2) is 6.61. The Balaban J connectivity index is 1.76. The van der Waals surface area contributed by atoms with Crippen molar-refractivity contribution >= 4 is 5.91 Å². The maximum atomic E-state index is 11.5. The Bertz CT molecular complexity index is 467. The highest BCUT2D eigenvalue weighted by atomic mass is 16.2. The van der Waals surface area contributed by atoms with Crippen molar-refractivity contribution in [1.82, 2.24) is 10.2 Å². The number of benzene rings is 1. The number of rotatable bonds is 6. The number of amides is 1. The molecule has 21 heavy (non-hydrogen) atoms. The van der Waals surface area contributed by atoms with Crippen molar-refractivity contribution in [3.05, 3.63) is 35.9 Å². The Morgan fingerprint density at radius 3 is 2.52 bits per heavy atom. The van der Waals surface area contributed by atoms with Gasteiger partial charge < -0.3 is 10.2 Å². The number of hydrogen-bond acceptors (Lipinski definition) is 2. The van der Waals surface area contributed by atoms with E-state index >= 15 is 0 Å². The molecular formula is C18H28N2O. The summed E-state index contributed by atoms with van der Waals surface area (Å²) in [5, 5.41) is 3.63. The fraction of sp³-hybridized carbons (Fsp3) is 0.611. The first-order valence-electron chi connectivity index (χ1n) is 7.91. The average Bonchev–Trinajstić information content (AvgIpc) is 2.46. The number of nitrogens with one attached hydrogen (secondary N) is 1. The molecule has 0 saturated heterocycles. The highest BCUT2D eigenvalue weighted by Gasteiger charge is 2.48. The van der Waals surface area contributed by atoms with E-state index in [1.807, 2.05) is 14.1 Å². The summed E-state index contributed by atoms with van der Waals surface area (Å²) in [7, 11) is 3.63. The summed E-state index contributed by atoms with van der Waals surface area (Å²) in [4.78, 5) is 13.2. The molecule has 0 heterocycles. The molecule has 1 N–H and O–H groups in total. The largest absolute Gasteiger partial charge is 0.349 e. The van der Waals surface area contributed by atoms with Crippen LogP contribution in [0.1, 0.15) is 44.6 Å². The van der Waals surface area contributed by atoms with Gasteiger partial charge in [0.15, 0.2) is 0 Å². The van der Waals surface area contributed by atoms with Crippen LogP contribution in [0.2, 0.25) is 0 Å². The lowest BCUT2D eigenvalue weighted by Gasteiger charge is -2.53. The lowest BCUT2D eigenvalue weighted by atomic mass is 9.56. The lowest BCUT2D eigenvalue weighted by Crippen LogP contribution is -2.55.